The van der Waals surface area contributed by atoms with Crippen molar-refractivity contribution in [3.8, 4) is 0 Å². The molecule has 0 bridgehead atoms. The predicted octanol–water partition coefficient (Wildman–Crippen LogP) is 2.82. The predicted molar refractivity (Wildman–Crippen MR) is 66.9 cm³/mol. The van der Waals surface area contributed by atoms with E-state index in [2.05, 4.69) is 5.32 Å². The van der Waals surface area contributed by atoms with Gasteiger partial charge in [0.05, 0.1) is 0 Å². The van der Waals surface area contributed by atoms with E-state index in [0.29, 0.717) is 12.1 Å². The van der Waals surface area contributed by atoms with Gasteiger partial charge in [0.15, 0.2) is 5.76 Å². The molecule has 0 saturated heterocycles. The van der Waals surface area contributed by atoms with Gasteiger partial charge in [-0.25, -0.2) is 4.39 Å². The molecule has 5 heteroatoms. The maximum Gasteiger partial charge on any atom is 0.291 e. The number of halogens is 1. The first-order valence-corrected chi connectivity index (χ1v) is 5.54. The minimum absolute atomic E-state index is 0.190. The van der Waals surface area contributed by atoms with Gasteiger partial charge >= 0.3 is 0 Å². The lowest BCUT2D eigenvalue weighted by atomic mass is 10.2. The van der Waals surface area contributed by atoms with Crippen LogP contribution in [0.15, 0.2) is 34.7 Å². The maximum atomic E-state index is 13.1. The minimum Gasteiger partial charge on any atom is -0.456 e. The van der Waals surface area contributed by atoms with Crippen molar-refractivity contribution < 1.29 is 13.6 Å². The largest absolute Gasteiger partial charge is 0.456 e. The van der Waals surface area contributed by atoms with Gasteiger partial charge in [0.1, 0.15) is 11.6 Å². The molecule has 0 saturated carbocycles. The van der Waals surface area contributed by atoms with Crippen LogP contribution in [0.5, 0.6) is 0 Å². The smallest absolute Gasteiger partial charge is 0.291 e. The lowest BCUT2D eigenvalue weighted by Gasteiger charge is -2.04. The van der Waals surface area contributed by atoms with Crippen molar-refractivity contribution in [3.63, 3.8) is 0 Å². The molecule has 0 atom stereocenters. The van der Waals surface area contributed by atoms with Crippen molar-refractivity contribution in [3.05, 3.63) is 47.7 Å². The van der Waals surface area contributed by atoms with Crippen LogP contribution in [0.3, 0.4) is 0 Å². The number of nitrogens with two attached hydrogens (primary N) is 1. The van der Waals surface area contributed by atoms with Gasteiger partial charge in [-0.2, -0.15) is 0 Å². The highest BCUT2D eigenvalue weighted by Crippen LogP contribution is 2.17. The van der Waals surface area contributed by atoms with E-state index in [0.717, 1.165) is 5.76 Å². The number of carbonyl (C=O) groups excluding carboxylic acids is 1. The maximum absolute atomic E-state index is 13.1. The molecule has 2 aromatic rings. The molecule has 3 N–H and O–H groups in total. The van der Waals surface area contributed by atoms with Gasteiger partial charge in [0, 0.05) is 17.8 Å². The third-order valence-electron chi connectivity index (χ3n) is 2.41. The standard InChI is InChI=1S/C13H13FN2O2/c1-2-11-3-4-12(18-11)13(17)16-10-6-8(14)5-9(15)7-10/h3-7H,2,15H2,1H3,(H,16,17). The van der Waals surface area contributed by atoms with E-state index in [-0.39, 0.29) is 11.4 Å². The molecule has 4 nitrogen and oxygen atoms in total. The number of anilines is 2. The summed E-state index contributed by atoms with van der Waals surface area (Å²) in [6.45, 7) is 1.92. The van der Waals surface area contributed by atoms with Crippen LogP contribution in [0.4, 0.5) is 15.8 Å². The summed E-state index contributed by atoms with van der Waals surface area (Å²) >= 11 is 0. The Morgan fingerprint density at radius 3 is 2.78 bits per heavy atom. The number of hydrogen-bond donors (Lipinski definition) is 2. The Bertz CT molecular complexity index is 558. The highest BCUT2D eigenvalue weighted by atomic mass is 19.1. The molecule has 1 heterocycles. The molecule has 0 unspecified atom stereocenters. The number of furan rings is 1. The first-order valence-electron chi connectivity index (χ1n) is 5.54. The quantitative estimate of drug-likeness (QED) is 0.820. The van der Waals surface area contributed by atoms with Crippen LogP contribution in [0, 0.1) is 5.82 Å². The molecule has 0 spiro atoms. The second-order valence-corrected chi connectivity index (χ2v) is 3.85. The van der Waals surface area contributed by atoms with Crippen LogP contribution in [0.2, 0.25) is 0 Å². The lowest BCUT2D eigenvalue weighted by Crippen LogP contribution is -2.11. The Morgan fingerprint density at radius 2 is 2.17 bits per heavy atom. The van der Waals surface area contributed by atoms with Gasteiger partial charge in [0.25, 0.3) is 5.91 Å². The summed E-state index contributed by atoms with van der Waals surface area (Å²) in [6.07, 6.45) is 0.709. The number of carbonyl (C=O) groups is 1. The molecular formula is C13H13FN2O2. The summed E-state index contributed by atoms with van der Waals surface area (Å²) < 4.78 is 18.4. The van der Waals surface area contributed by atoms with Gasteiger partial charge in [0.2, 0.25) is 0 Å². The van der Waals surface area contributed by atoms with Crippen LogP contribution in [-0.2, 0) is 6.42 Å². The molecule has 1 aromatic heterocycles. The number of benzene rings is 1. The van der Waals surface area contributed by atoms with Gasteiger partial charge in [-0.05, 0) is 30.3 Å². The van der Waals surface area contributed by atoms with E-state index in [1.807, 2.05) is 6.92 Å². The molecule has 0 aliphatic carbocycles. The van der Waals surface area contributed by atoms with Crippen LogP contribution >= 0.6 is 0 Å². The van der Waals surface area contributed by atoms with Gasteiger partial charge < -0.3 is 15.5 Å². The average Bonchev–Trinajstić information content (AvgIpc) is 2.75. The fourth-order valence-electron chi connectivity index (χ4n) is 1.57. The molecule has 0 fully saturated rings. The van der Waals surface area contributed by atoms with Gasteiger partial charge in [-0.1, -0.05) is 6.92 Å². The van der Waals surface area contributed by atoms with Crippen molar-refractivity contribution in [1.29, 1.82) is 0 Å². The number of hydrogen-bond acceptors (Lipinski definition) is 3. The summed E-state index contributed by atoms with van der Waals surface area (Å²) in [5, 5.41) is 2.52. The number of aryl methyl sites for hydroxylation is 1. The van der Waals surface area contributed by atoms with E-state index in [9.17, 15) is 9.18 Å². The molecule has 0 aliphatic rings. The van der Waals surface area contributed by atoms with E-state index in [1.54, 1.807) is 12.1 Å². The highest BCUT2D eigenvalue weighted by Gasteiger charge is 2.11. The molecule has 1 aromatic carbocycles. The van der Waals surface area contributed by atoms with E-state index in [1.165, 1.54) is 18.2 Å². The molecule has 0 aliphatic heterocycles. The fourth-order valence-corrected chi connectivity index (χ4v) is 1.57. The Kier molecular flexibility index (Phi) is 3.32. The number of rotatable bonds is 3. The fraction of sp³-hybridized carbons (Fsp3) is 0.154. The molecule has 2 rings (SSSR count). The van der Waals surface area contributed by atoms with Crippen LogP contribution in [0.25, 0.3) is 0 Å². The zero-order chi connectivity index (χ0) is 13.1. The number of amides is 1. The molecule has 0 radical (unpaired) electrons. The second kappa shape index (κ2) is 4.91. The third-order valence-corrected chi connectivity index (χ3v) is 2.41. The summed E-state index contributed by atoms with van der Waals surface area (Å²) in [6, 6.07) is 7.16. The van der Waals surface area contributed by atoms with Crippen LogP contribution < -0.4 is 11.1 Å². The SMILES string of the molecule is CCc1ccc(C(=O)Nc2cc(N)cc(F)c2)o1. The van der Waals surface area contributed by atoms with Crippen molar-refractivity contribution in [1.82, 2.24) is 0 Å². The Morgan fingerprint density at radius 1 is 1.39 bits per heavy atom. The summed E-state index contributed by atoms with van der Waals surface area (Å²) in [5.41, 5.74) is 6.03. The Hall–Kier alpha value is -2.30. The average molecular weight is 248 g/mol. The van der Waals surface area contributed by atoms with Crippen LogP contribution in [-0.4, -0.2) is 5.91 Å². The first kappa shape index (κ1) is 12.2. The second-order valence-electron chi connectivity index (χ2n) is 3.85. The summed E-state index contributed by atoms with van der Waals surface area (Å²) in [4.78, 5) is 11.8. The molecule has 18 heavy (non-hydrogen) atoms. The minimum atomic E-state index is -0.501. The van der Waals surface area contributed by atoms with E-state index in [4.69, 9.17) is 10.2 Å². The van der Waals surface area contributed by atoms with Crippen molar-refractivity contribution in [2.45, 2.75) is 13.3 Å². The van der Waals surface area contributed by atoms with E-state index >= 15 is 0 Å². The first-order chi connectivity index (χ1) is 8.58. The normalized spacial score (nSPS) is 10.3. The monoisotopic (exact) mass is 248 g/mol. The Balaban J connectivity index is 2.15. The Labute approximate surface area is 104 Å². The topological polar surface area (TPSA) is 68.3 Å². The van der Waals surface area contributed by atoms with Crippen molar-refractivity contribution in [2.24, 2.45) is 0 Å². The number of nitrogens with one attached hydrogen (secondary N) is 1. The summed E-state index contributed by atoms with van der Waals surface area (Å²) in [5.74, 6) is -0.0210. The van der Waals surface area contributed by atoms with Crippen molar-refractivity contribution in [2.75, 3.05) is 11.1 Å². The molecule has 1 amide bonds. The number of nitrogen functional groups attached to an aromatic ring is 1. The van der Waals surface area contributed by atoms with Crippen molar-refractivity contribution >= 4 is 17.3 Å². The zero-order valence-electron chi connectivity index (χ0n) is 9.87. The van der Waals surface area contributed by atoms with E-state index < -0.39 is 11.7 Å². The van der Waals surface area contributed by atoms with Gasteiger partial charge in [-0.3, -0.25) is 4.79 Å². The summed E-state index contributed by atoms with van der Waals surface area (Å²) in [7, 11) is 0. The van der Waals surface area contributed by atoms with Gasteiger partial charge in [-0.15, -0.1) is 0 Å². The molecule has 94 valence electrons. The zero-order valence-corrected chi connectivity index (χ0v) is 9.87. The molecular weight excluding hydrogens is 235 g/mol. The van der Waals surface area contributed by atoms with Crippen LogP contribution in [0.1, 0.15) is 23.2 Å². The highest BCUT2D eigenvalue weighted by molar-refractivity contribution is 6.02. The third kappa shape index (κ3) is 2.68. The lowest BCUT2D eigenvalue weighted by molar-refractivity contribution is 0.0995.